The minimum atomic E-state index is -3.30. The van der Waals surface area contributed by atoms with E-state index >= 15 is 0 Å². The Bertz CT molecular complexity index is 710. The first-order valence-electron chi connectivity index (χ1n) is 8.96. The molecule has 2 aliphatic heterocycles. The van der Waals surface area contributed by atoms with Gasteiger partial charge in [-0.2, -0.15) is 4.31 Å². The molecule has 7 nitrogen and oxygen atoms in total. The number of sulfonamides is 1. The van der Waals surface area contributed by atoms with Gasteiger partial charge in [-0.25, -0.2) is 8.42 Å². The summed E-state index contributed by atoms with van der Waals surface area (Å²) in [7, 11) is -1.73. The second-order valence-electron chi connectivity index (χ2n) is 6.75. The number of methoxy groups -OCH3 is 1. The fourth-order valence-electron chi connectivity index (χ4n) is 3.71. The van der Waals surface area contributed by atoms with Crippen molar-refractivity contribution in [1.29, 1.82) is 0 Å². The number of ether oxygens (including phenoxy) is 2. The van der Waals surface area contributed by atoms with E-state index in [4.69, 9.17) is 9.47 Å². The van der Waals surface area contributed by atoms with Crippen LogP contribution in [0.1, 0.15) is 12.8 Å². The Hall–Kier alpha value is -1.64. The molecule has 2 atom stereocenters. The molecule has 0 aromatic heterocycles. The molecule has 0 aliphatic carbocycles. The van der Waals surface area contributed by atoms with Gasteiger partial charge in [0, 0.05) is 33.3 Å². The zero-order valence-corrected chi connectivity index (χ0v) is 15.9. The van der Waals surface area contributed by atoms with Gasteiger partial charge in [0.05, 0.1) is 11.9 Å². The molecule has 1 aromatic carbocycles. The maximum absolute atomic E-state index is 12.7. The second-order valence-corrected chi connectivity index (χ2v) is 8.91. The van der Waals surface area contributed by atoms with Crippen molar-refractivity contribution in [1.82, 2.24) is 9.21 Å². The summed E-state index contributed by atoms with van der Waals surface area (Å²) in [6.45, 7) is 2.34. The van der Waals surface area contributed by atoms with Crippen LogP contribution in [0.5, 0.6) is 5.75 Å². The molecule has 0 spiro atoms. The lowest BCUT2D eigenvalue weighted by atomic mass is 10.0. The maximum atomic E-state index is 12.7. The number of carbonyl (C=O) groups excluding carboxylic acids is 1. The Labute approximate surface area is 154 Å². The highest BCUT2D eigenvalue weighted by Gasteiger charge is 2.46. The van der Waals surface area contributed by atoms with Crippen molar-refractivity contribution < 1.29 is 22.7 Å². The molecular formula is C18H26N2O5S. The van der Waals surface area contributed by atoms with Crippen LogP contribution in [0.25, 0.3) is 0 Å². The molecule has 0 bridgehead atoms. The SMILES string of the molecule is COCCN1C[C@H]2CCN(C(=O)COc3ccccc3)CC[C@H]2S1(=O)=O. The molecule has 0 N–H and O–H groups in total. The molecule has 1 amide bonds. The monoisotopic (exact) mass is 382 g/mol. The van der Waals surface area contributed by atoms with Crippen LogP contribution >= 0.6 is 0 Å². The van der Waals surface area contributed by atoms with Crippen molar-refractivity contribution in [3.8, 4) is 5.75 Å². The fraction of sp³-hybridized carbons (Fsp3) is 0.611. The molecule has 26 heavy (non-hydrogen) atoms. The zero-order chi connectivity index (χ0) is 18.6. The highest BCUT2D eigenvalue weighted by atomic mass is 32.2. The number of carbonyl (C=O) groups is 1. The summed E-state index contributed by atoms with van der Waals surface area (Å²) in [6.07, 6.45) is 1.18. The van der Waals surface area contributed by atoms with Gasteiger partial charge in [-0.1, -0.05) is 18.2 Å². The molecule has 2 saturated heterocycles. The predicted octanol–water partition coefficient (Wildman–Crippen LogP) is 0.964. The van der Waals surface area contributed by atoms with E-state index in [-0.39, 0.29) is 18.4 Å². The van der Waals surface area contributed by atoms with E-state index in [1.165, 1.54) is 0 Å². The molecule has 3 rings (SSSR count). The number of likely N-dealkylation sites (tertiary alicyclic amines) is 1. The third kappa shape index (κ3) is 4.19. The number of hydrogen-bond acceptors (Lipinski definition) is 5. The second kappa shape index (κ2) is 8.37. The van der Waals surface area contributed by atoms with Crippen LogP contribution in [-0.2, 0) is 19.6 Å². The Morgan fingerprint density at radius 1 is 1.19 bits per heavy atom. The average Bonchev–Trinajstić information content (AvgIpc) is 2.79. The van der Waals surface area contributed by atoms with Crippen molar-refractivity contribution in [3.63, 3.8) is 0 Å². The van der Waals surface area contributed by atoms with Gasteiger partial charge in [-0.3, -0.25) is 4.79 Å². The molecule has 0 saturated carbocycles. The predicted molar refractivity (Wildman–Crippen MR) is 97.4 cm³/mol. The van der Waals surface area contributed by atoms with Crippen LogP contribution in [0.3, 0.4) is 0 Å². The first kappa shape index (κ1) is 19.1. The summed E-state index contributed by atoms with van der Waals surface area (Å²) in [5.74, 6) is 0.635. The largest absolute Gasteiger partial charge is 0.484 e. The van der Waals surface area contributed by atoms with Crippen LogP contribution in [-0.4, -0.2) is 75.3 Å². The van der Waals surface area contributed by atoms with E-state index < -0.39 is 15.3 Å². The minimum Gasteiger partial charge on any atom is -0.484 e. The van der Waals surface area contributed by atoms with Gasteiger partial charge < -0.3 is 14.4 Å². The molecule has 0 unspecified atom stereocenters. The standard InChI is InChI=1S/C18H26N2O5S/c1-24-12-11-20-13-15-7-9-19(10-8-17(15)26(20,22)23)18(21)14-25-16-5-3-2-4-6-16/h2-6,15,17H,7-14H2,1H3/t15-,17-/m1/s1. The van der Waals surface area contributed by atoms with Crippen molar-refractivity contribution >= 4 is 15.9 Å². The minimum absolute atomic E-state index is 0.0218. The average molecular weight is 382 g/mol. The first-order chi connectivity index (χ1) is 12.5. The summed E-state index contributed by atoms with van der Waals surface area (Å²) in [5.41, 5.74) is 0. The topological polar surface area (TPSA) is 76.2 Å². The van der Waals surface area contributed by atoms with Gasteiger partial charge >= 0.3 is 0 Å². The van der Waals surface area contributed by atoms with E-state index in [1.54, 1.807) is 28.4 Å². The molecule has 144 valence electrons. The van der Waals surface area contributed by atoms with Crippen molar-refractivity contribution in [3.05, 3.63) is 30.3 Å². The Morgan fingerprint density at radius 2 is 1.92 bits per heavy atom. The number of amides is 1. The van der Waals surface area contributed by atoms with Gasteiger partial charge in [0.25, 0.3) is 5.91 Å². The molecule has 2 fully saturated rings. The highest BCUT2D eigenvalue weighted by Crippen LogP contribution is 2.34. The van der Waals surface area contributed by atoms with Crippen LogP contribution in [0.4, 0.5) is 0 Å². The summed E-state index contributed by atoms with van der Waals surface area (Å²) in [4.78, 5) is 14.2. The molecule has 2 aliphatic rings. The van der Waals surface area contributed by atoms with Crippen LogP contribution < -0.4 is 4.74 Å². The zero-order valence-electron chi connectivity index (χ0n) is 15.0. The molecular weight excluding hydrogens is 356 g/mol. The van der Waals surface area contributed by atoms with Gasteiger partial charge in [0.1, 0.15) is 5.75 Å². The van der Waals surface area contributed by atoms with Crippen LogP contribution in [0.15, 0.2) is 30.3 Å². The number of benzene rings is 1. The van der Waals surface area contributed by atoms with Crippen molar-refractivity contribution in [2.75, 3.05) is 46.5 Å². The normalized spacial score (nSPS) is 25.5. The summed E-state index contributed by atoms with van der Waals surface area (Å²) < 4.78 is 37.5. The van der Waals surface area contributed by atoms with Crippen LogP contribution in [0, 0.1) is 5.92 Å². The summed E-state index contributed by atoms with van der Waals surface area (Å²) in [6, 6.07) is 9.21. The smallest absolute Gasteiger partial charge is 0.260 e. The van der Waals surface area contributed by atoms with E-state index in [9.17, 15) is 13.2 Å². The third-order valence-corrected chi connectivity index (χ3v) is 7.60. The number of para-hydroxylation sites is 1. The molecule has 2 heterocycles. The van der Waals surface area contributed by atoms with Gasteiger partial charge in [-0.15, -0.1) is 0 Å². The Morgan fingerprint density at radius 3 is 2.65 bits per heavy atom. The molecule has 8 heteroatoms. The highest BCUT2D eigenvalue weighted by molar-refractivity contribution is 7.90. The lowest BCUT2D eigenvalue weighted by molar-refractivity contribution is -0.133. The number of hydrogen-bond donors (Lipinski definition) is 0. The summed E-state index contributed by atoms with van der Waals surface area (Å²) in [5, 5.41) is -0.396. The molecule has 0 radical (unpaired) electrons. The van der Waals surface area contributed by atoms with Crippen molar-refractivity contribution in [2.24, 2.45) is 5.92 Å². The van der Waals surface area contributed by atoms with E-state index in [0.29, 0.717) is 51.4 Å². The van der Waals surface area contributed by atoms with E-state index in [2.05, 4.69) is 0 Å². The lowest BCUT2D eigenvalue weighted by Gasteiger charge is -2.22. The molecule has 1 aromatic rings. The number of nitrogens with zero attached hydrogens (tertiary/aromatic N) is 2. The maximum Gasteiger partial charge on any atom is 0.260 e. The van der Waals surface area contributed by atoms with Crippen molar-refractivity contribution in [2.45, 2.75) is 18.1 Å². The van der Waals surface area contributed by atoms with Gasteiger partial charge in [0.15, 0.2) is 6.61 Å². The van der Waals surface area contributed by atoms with Crippen LogP contribution in [0.2, 0.25) is 0 Å². The van der Waals surface area contributed by atoms with E-state index in [1.807, 2.05) is 18.2 Å². The third-order valence-electron chi connectivity index (χ3n) is 5.16. The van der Waals surface area contributed by atoms with Gasteiger partial charge in [-0.05, 0) is 30.9 Å². The lowest BCUT2D eigenvalue weighted by Crippen LogP contribution is -2.37. The Kier molecular flexibility index (Phi) is 6.16. The quantitative estimate of drug-likeness (QED) is 0.733. The fourth-order valence-corrected chi connectivity index (χ4v) is 5.93. The number of rotatable bonds is 6. The Balaban J connectivity index is 1.56. The van der Waals surface area contributed by atoms with E-state index in [0.717, 1.165) is 0 Å². The van der Waals surface area contributed by atoms with Gasteiger partial charge in [0.2, 0.25) is 10.0 Å². The summed E-state index contributed by atoms with van der Waals surface area (Å²) >= 11 is 0. The first-order valence-corrected chi connectivity index (χ1v) is 10.5. The number of fused-ring (bicyclic) bond motifs is 1.